The maximum atomic E-state index is 15.3. The molecule has 6 atom stereocenters. The fourth-order valence-corrected chi connectivity index (χ4v) is 9.31. The van der Waals surface area contributed by atoms with Gasteiger partial charge in [0.25, 0.3) is 0 Å². The molecule has 1 saturated heterocycles. The van der Waals surface area contributed by atoms with E-state index in [1.165, 1.54) is 13.1 Å². The first kappa shape index (κ1) is 34.3. The van der Waals surface area contributed by atoms with Crippen LogP contribution in [0.4, 0.5) is 22.0 Å². The van der Waals surface area contributed by atoms with Gasteiger partial charge in [-0.3, -0.25) is 0 Å². The van der Waals surface area contributed by atoms with Crippen LogP contribution < -0.4 is 0 Å². The molecule has 3 N–H and O–H groups in total. The topological polar surface area (TPSA) is 118 Å². The normalized spacial score (nSPS) is 36.6. The van der Waals surface area contributed by atoms with E-state index in [0.29, 0.717) is 43.6 Å². The number of nitrogens with zero attached hydrogens (tertiary/aromatic N) is 1. The number of carboxylic acids is 1. The van der Waals surface area contributed by atoms with E-state index in [-0.39, 0.29) is 31.1 Å². The van der Waals surface area contributed by atoms with Crippen LogP contribution in [0.15, 0.2) is 40.6 Å². The highest BCUT2D eigenvalue weighted by Gasteiger charge is 2.79. The van der Waals surface area contributed by atoms with E-state index in [4.69, 9.17) is 19.4 Å². The summed E-state index contributed by atoms with van der Waals surface area (Å²) in [7, 11) is 0. The van der Waals surface area contributed by atoms with Crippen LogP contribution in [0, 0.1) is 22.7 Å². The maximum absolute atomic E-state index is 15.3. The molecule has 1 heterocycles. The zero-order chi connectivity index (χ0) is 34.3. The van der Waals surface area contributed by atoms with E-state index in [0.717, 1.165) is 11.1 Å². The fraction of sp³-hybridized carbons (Fsp3) is 0.706. The fourth-order valence-electron chi connectivity index (χ4n) is 9.31. The number of aliphatic carboxylic acids is 1. The number of carbonyl (C=O) groups is 1. The van der Waals surface area contributed by atoms with Crippen molar-refractivity contribution in [2.24, 2.45) is 27.8 Å². The third kappa shape index (κ3) is 5.49. The Labute approximate surface area is 269 Å². The minimum Gasteiger partial charge on any atom is -0.479 e. The minimum atomic E-state index is -5.93. The third-order valence-electron chi connectivity index (χ3n) is 11.7. The summed E-state index contributed by atoms with van der Waals surface area (Å²) in [6.45, 7) is 5.74. The van der Waals surface area contributed by atoms with E-state index in [1.54, 1.807) is 24.3 Å². The lowest BCUT2D eigenvalue weighted by Crippen LogP contribution is -2.65. The summed E-state index contributed by atoms with van der Waals surface area (Å²) in [5, 5.41) is 36.2. The molecule has 0 bridgehead atoms. The van der Waals surface area contributed by atoms with Gasteiger partial charge in [-0.25, -0.2) is 4.79 Å². The number of aliphatic hydroxyl groups is 2. The van der Waals surface area contributed by atoms with Gasteiger partial charge in [-0.15, -0.1) is 0 Å². The van der Waals surface area contributed by atoms with Crippen molar-refractivity contribution in [3.8, 4) is 0 Å². The Bertz CT molecular complexity index is 1450. The Kier molecular flexibility index (Phi) is 8.17. The van der Waals surface area contributed by atoms with Crippen molar-refractivity contribution >= 4 is 12.2 Å². The van der Waals surface area contributed by atoms with E-state index in [9.17, 15) is 28.2 Å². The lowest BCUT2D eigenvalue weighted by Gasteiger charge is -2.59. The standard InChI is InChI=1S/C34H42F5NO7/c1-28(2)18-45-31(46-19-28)12-9-25-27-22(8-11-30(25,43)17-31)24-10-13-32(44,33(35,36)34(37,38)39)29(24,3)14-23(27)21-6-4-20(5-7-21)15-40-47-16-26(41)42/h4-7,15,22-24,43-44H,8-14,16-19H2,1-3H3,(H,41,42)/t22-,23+,24-,29-,30+,32-/m0/s1. The predicted octanol–water partition coefficient (Wildman–Crippen LogP) is 6.34. The predicted molar refractivity (Wildman–Crippen MR) is 159 cm³/mol. The van der Waals surface area contributed by atoms with Gasteiger partial charge in [0.1, 0.15) is 5.60 Å². The van der Waals surface area contributed by atoms with Crippen LogP contribution >= 0.6 is 0 Å². The molecule has 8 nitrogen and oxygen atoms in total. The molecule has 4 fully saturated rings. The zero-order valence-electron chi connectivity index (χ0n) is 26.7. The first-order chi connectivity index (χ1) is 21.8. The molecule has 1 aliphatic heterocycles. The van der Waals surface area contributed by atoms with Crippen LogP contribution in [0.1, 0.15) is 89.2 Å². The van der Waals surface area contributed by atoms with Crippen LogP contribution in [0.2, 0.25) is 0 Å². The minimum absolute atomic E-state index is 0.00223. The molecule has 0 aromatic heterocycles. The van der Waals surface area contributed by atoms with E-state index < -0.39 is 71.3 Å². The van der Waals surface area contributed by atoms with Crippen molar-refractivity contribution < 1.29 is 56.4 Å². The summed E-state index contributed by atoms with van der Waals surface area (Å²) >= 11 is 0. The number of fused-ring (bicyclic) bond motifs is 4. The molecule has 260 valence electrons. The largest absolute Gasteiger partial charge is 0.479 e. The Morgan fingerprint density at radius 3 is 2.30 bits per heavy atom. The Morgan fingerprint density at radius 1 is 1.02 bits per heavy atom. The molecule has 5 aliphatic rings. The van der Waals surface area contributed by atoms with Crippen molar-refractivity contribution in [3.63, 3.8) is 0 Å². The number of allylic oxidation sites excluding steroid dienone is 1. The molecule has 0 amide bonds. The van der Waals surface area contributed by atoms with Crippen molar-refractivity contribution in [3.05, 3.63) is 46.5 Å². The van der Waals surface area contributed by atoms with Gasteiger partial charge in [0.05, 0.1) is 25.0 Å². The number of ether oxygens (including phenoxy) is 2. The van der Waals surface area contributed by atoms with E-state index in [2.05, 4.69) is 5.16 Å². The number of rotatable bonds is 6. The first-order valence-electron chi connectivity index (χ1n) is 16.1. The molecular formula is C34H42F5NO7. The molecule has 3 saturated carbocycles. The third-order valence-corrected chi connectivity index (χ3v) is 11.7. The summed E-state index contributed by atoms with van der Waals surface area (Å²) in [5.41, 5.74) is -3.77. The lowest BCUT2D eigenvalue weighted by molar-refractivity contribution is -0.362. The highest BCUT2D eigenvalue weighted by molar-refractivity contribution is 5.79. The SMILES string of the molecule is CC1(C)COC2(CCC3=C4[C@@H](CC[C@@]3(O)C2)[C@@H]2CC[C@@](O)(C(F)(F)C(F)(F)F)[C@@]2(C)C[C@@H]4c2ccc(C=NOCC(=O)O)cc2)OC1. The maximum Gasteiger partial charge on any atom is 0.456 e. The van der Waals surface area contributed by atoms with Gasteiger partial charge in [0, 0.05) is 29.6 Å². The molecule has 0 unspecified atom stereocenters. The second-order valence-electron chi connectivity index (χ2n) is 15.3. The number of carboxylic acid groups (broad SMARTS) is 1. The van der Waals surface area contributed by atoms with Gasteiger partial charge in [0.2, 0.25) is 6.61 Å². The monoisotopic (exact) mass is 671 g/mol. The summed E-state index contributed by atoms with van der Waals surface area (Å²) in [6.07, 6.45) is -3.79. The van der Waals surface area contributed by atoms with Gasteiger partial charge in [-0.05, 0) is 67.1 Å². The van der Waals surface area contributed by atoms with E-state index in [1.807, 2.05) is 13.8 Å². The highest BCUT2D eigenvalue weighted by Crippen LogP contribution is 2.71. The summed E-state index contributed by atoms with van der Waals surface area (Å²) in [5.74, 6) is -9.22. The first-order valence-corrected chi connectivity index (χ1v) is 16.1. The quantitative estimate of drug-likeness (QED) is 0.140. The Hall–Kier alpha value is -2.61. The van der Waals surface area contributed by atoms with Crippen molar-refractivity contribution in [1.29, 1.82) is 0 Å². The Balaban J connectivity index is 1.41. The number of benzene rings is 1. The van der Waals surface area contributed by atoms with Crippen LogP contribution in [0.5, 0.6) is 0 Å². The molecule has 1 aromatic rings. The molecule has 47 heavy (non-hydrogen) atoms. The molecule has 4 aliphatic carbocycles. The van der Waals surface area contributed by atoms with Gasteiger partial charge in [0.15, 0.2) is 5.79 Å². The number of hydrogen-bond acceptors (Lipinski definition) is 7. The Morgan fingerprint density at radius 2 is 1.68 bits per heavy atom. The number of hydrogen-bond donors (Lipinski definition) is 3. The molecule has 1 spiro atoms. The van der Waals surface area contributed by atoms with Gasteiger partial charge >= 0.3 is 18.1 Å². The lowest BCUT2D eigenvalue weighted by atomic mass is 9.49. The number of oxime groups is 1. The van der Waals surface area contributed by atoms with Crippen molar-refractivity contribution in [2.75, 3.05) is 19.8 Å². The zero-order valence-corrected chi connectivity index (χ0v) is 26.7. The second-order valence-corrected chi connectivity index (χ2v) is 15.3. The van der Waals surface area contributed by atoms with Gasteiger partial charge < -0.3 is 29.6 Å². The average Bonchev–Trinajstić information content (AvgIpc) is 3.27. The van der Waals surface area contributed by atoms with E-state index >= 15 is 8.78 Å². The summed E-state index contributed by atoms with van der Waals surface area (Å²) < 4.78 is 84.8. The molecule has 13 heteroatoms. The van der Waals surface area contributed by atoms with Crippen molar-refractivity contribution in [1.82, 2.24) is 0 Å². The number of halogens is 5. The van der Waals surface area contributed by atoms with Crippen LogP contribution in [-0.4, -0.2) is 76.4 Å². The highest BCUT2D eigenvalue weighted by atomic mass is 19.4. The van der Waals surface area contributed by atoms with Crippen molar-refractivity contribution in [2.45, 2.75) is 107 Å². The van der Waals surface area contributed by atoms with Gasteiger partial charge in [-0.2, -0.15) is 22.0 Å². The molecule has 0 radical (unpaired) electrons. The summed E-state index contributed by atoms with van der Waals surface area (Å²) in [6, 6.07) is 6.78. The molecule has 6 rings (SSSR count). The van der Waals surface area contributed by atoms with Gasteiger partial charge in [-0.1, -0.05) is 55.8 Å². The average molecular weight is 672 g/mol. The number of alkyl halides is 5. The smallest absolute Gasteiger partial charge is 0.456 e. The molecular weight excluding hydrogens is 629 g/mol. The second kappa shape index (κ2) is 11.2. The van der Waals surface area contributed by atoms with Crippen LogP contribution in [-0.2, 0) is 19.1 Å². The summed E-state index contributed by atoms with van der Waals surface area (Å²) in [4.78, 5) is 15.4. The molecule has 1 aromatic carbocycles. The van der Waals surface area contributed by atoms with Crippen LogP contribution in [0.3, 0.4) is 0 Å². The van der Waals surface area contributed by atoms with Crippen LogP contribution in [0.25, 0.3) is 0 Å².